The lowest BCUT2D eigenvalue weighted by molar-refractivity contribution is -0.120. The lowest BCUT2D eigenvalue weighted by Crippen LogP contribution is -2.30. The maximum absolute atomic E-state index is 12.8. The van der Waals surface area contributed by atoms with E-state index in [4.69, 9.17) is 14.5 Å². The van der Waals surface area contributed by atoms with Crippen LogP contribution >= 0.6 is 0 Å². The number of aryl methyl sites for hydroxylation is 1. The van der Waals surface area contributed by atoms with E-state index in [1.54, 1.807) is 0 Å². The van der Waals surface area contributed by atoms with Gasteiger partial charge in [0, 0.05) is 42.7 Å². The summed E-state index contributed by atoms with van der Waals surface area (Å²) in [4.78, 5) is 24.2. The van der Waals surface area contributed by atoms with E-state index in [1.807, 2.05) is 24.4 Å². The van der Waals surface area contributed by atoms with Gasteiger partial charge in [0.05, 0.1) is 0 Å². The number of aromatic nitrogens is 2. The predicted molar refractivity (Wildman–Crippen MR) is 107 cm³/mol. The average molecular weight is 382 g/mol. The van der Waals surface area contributed by atoms with Crippen LogP contribution in [0.4, 0.5) is 11.6 Å². The van der Waals surface area contributed by atoms with Gasteiger partial charge in [-0.25, -0.2) is 9.97 Å². The van der Waals surface area contributed by atoms with Gasteiger partial charge in [-0.15, -0.1) is 0 Å². The van der Waals surface area contributed by atoms with Crippen molar-refractivity contribution in [2.24, 2.45) is 5.92 Å². The Morgan fingerprint density at radius 2 is 2.00 bits per heavy atom. The summed E-state index contributed by atoms with van der Waals surface area (Å²) < 4.78 is 11.1. The van der Waals surface area contributed by atoms with Crippen molar-refractivity contribution in [3.63, 3.8) is 0 Å². The zero-order chi connectivity index (χ0) is 19.5. The third-order valence-corrected chi connectivity index (χ3v) is 5.36. The summed E-state index contributed by atoms with van der Waals surface area (Å²) in [6, 6.07) is 5.51. The Morgan fingerprint density at radius 3 is 2.79 bits per heavy atom. The van der Waals surface area contributed by atoms with Gasteiger partial charge in [0.1, 0.15) is 13.2 Å². The third kappa shape index (κ3) is 3.74. The molecule has 0 unspecified atom stereocenters. The van der Waals surface area contributed by atoms with Gasteiger partial charge in [-0.1, -0.05) is 0 Å². The molecule has 0 saturated heterocycles. The topological polar surface area (TPSA) is 76.6 Å². The van der Waals surface area contributed by atoms with Gasteiger partial charge in [-0.3, -0.25) is 4.79 Å². The molecule has 4 rings (SSSR count). The molecule has 0 bridgehead atoms. The van der Waals surface area contributed by atoms with E-state index >= 15 is 0 Å². The van der Waals surface area contributed by atoms with E-state index in [9.17, 15) is 4.79 Å². The normalized spacial score (nSPS) is 17.6. The molecule has 1 aliphatic carbocycles. The number of fused-ring (bicyclic) bond motifs is 2. The van der Waals surface area contributed by atoms with Crippen molar-refractivity contribution in [3.8, 4) is 11.5 Å². The number of hydrogen-bond donors (Lipinski definition) is 1. The standard InChI is InChI=1S/C21H26N4O3/c1-3-25(4-2)21-22-13-15-11-14(5-7-17(15)24-21)20(26)23-16-6-8-18-19(12-16)28-10-9-27-18/h6,8,12-14H,3-5,7,9-11H2,1-2H3,(H,23,26)/t14-/m1/s1. The number of hydrogen-bond acceptors (Lipinski definition) is 6. The van der Waals surface area contributed by atoms with E-state index in [1.165, 1.54) is 0 Å². The first-order valence-corrected chi connectivity index (χ1v) is 9.98. The smallest absolute Gasteiger partial charge is 0.227 e. The fraction of sp³-hybridized carbons (Fsp3) is 0.476. The Kier molecular flexibility index (Phi) is 5.32. The molecular formula is C21H26N4O3. The zero-order valence-electron chi connectivity index (χ0n) is 16.4. The van der Waals surface area contributed by atoms with Crippen LogP contribution in [-0.2, 0) is 17.6 Å². The van der Waals surface area contributed by atoms with E-state index in [-0.39, 0.29) is 11.8 Å². The van der Waals surface area contributed by atoms with E-state index < -0.39 is 0 Å². The molecular weight excluding hydrogens is 356 g/mol. The molecule has 28 heavy (non-hydrogen) atoms. The molecule has 7 heteroatoms. The van der Waals surface area contributed by atoms with Crippen molar-refractivity contribution in [1.82, 2.24) is 9.97 Å². The second kappa shape index (κ2) is 8.04. The number of nitrogens with zero attached hydrogens (tertiary/aromatic N) is 3. The number of carbonyl (C=O) groups is 1. The second-order valence-corrected chi connectivity index (χ2v) is 7.10. The van der Waals surface area contributed by atoms with Crippen LogP contribution in [0.3, 0.4) is 0 Å². The summed E-state index contributed by atoms with van der Waals surface area (Å²) in [5.74, 6) is 2.12. The number of rotatable bonds is 5. The quantitative estimate of drug-likeness (QED) is 0.857. The first-order chi connectivity index (χ1) is 13.7. The van der Waals surface area contributed by atoms with Crippen molar-refractivity contribution in [2.45, 2.75) is 33.1 Å². The summed E-state index contributed by atoms with van der Waals surface area (Å²) in [6.45, 7) is 7.05. The van der Waals surface area contributed by atoms with Gasteiger partial charge >= 0.3 is 0 Å². The molecule has 148 valence electrons. The Balaban J connectivity index is 1.43. The van der Waals surface area contributed by atoms with Crippen LogP contribution in [0, 0.1) is 5.92 Å². The first kappa shape index (κ1) is 18.5. The lowest BCUT2D eigenvalue weighted by atomic mass is 9.86. The summed E-state index contributed by atoms with van der Waals surface area (Å²) in [5.41, 5.74) is 2.87. The highest BCUT2D eigenvalue weighted by atomic mass is 16.6. The number of nitrogens with one attached hydrogen (secondary N) is 1. The molecule has 1 aliphatic heterocycles. The van der Waals surface area contributed by atoms with Crippen molar-refractivity contribution in [2.75, 3.05) is 36.5 Å². The fourth-order valence-corrected chi connectivity index (χ4v) is 3.75. The minimum absolute atomic E-state index is 0.0233. The van der Waals surface area contributed by atoms with Crippen molar-refractivity contribution in [3.05, 3.63) is 35.7 Å². The van der Waals surface area contributed by atoms with Gasteiger partial charge < -0.3 is 19.7 Å². The number of amides is 1. The Morgan fingerprint density at radius 1 is 1.21 bits per heavy atom. The average Bonchev–Trinajstić information content (AvgIpc) is 2.74. The van der Waals surface area contributed by atoms with Crippen LogP contribution in [0.5, 0.6) is 11.5 Å². The van der Waals surface area contributed by atoms with Gasteiger partial charge in [-0.05, 0) is 50.8 Å². The molecule has 1 atom stereocenters. The summed E-state index contributed by atoms with van der Waals surface area (Å²) in [5, 5.41) is 3.02. The Bertz CT molecular complexity index is 867. The van der Waals surface area contributed by atoms with Crippen LogP contribution in [-0.4, -0.2) is 42.2 Å². The molecule has 2 aromatic rings. The molecule has 7 nitrogen and oxygen atoms in total. The molecule has 2 heterocycles. The highest BCUT2D eigenvalue weighted by Crippen LogP contribution is 2.33. The fourth-order valence-electron chi connectivity index (χ4n) is 3.75. The largest absolute Gasteiger partial charge is 0.486 e. The molecule has 1 N–H and O–H groups in total. The second-order valence-electron chi connectivity index (χ2n) is 7.10. The van der Waals surface area contributed by atoms with Crippen molar-refractivity contribution < 1.29 is 14.3 Å². The number of benzene rings is 1. The minimum Gasteiger partial charge on any atom is -0.486 e. The molecule has 0 radical (unpaired) electrons. The molecule has 1 amide bonds. The Hall–Kier alpha value is -2.83. The molecule has 0 spiro atoms. The first-order valence-electron chi connectivity index (χ1n) is 9.98. The molecule has 0 fully saturated rings. The van der Waals surface area contributed by atoms with Gasteiger partial charge in [0.2, 0.25) is 11.9 Å². The molecule has 1 aromatic heterocycles. The minimum atomic E-state index is -0.0800. The summed E-state index contributed by atoms with van der Waals surface area (Å²) in [7, 11) is 0. The van der Waals surface area contributed by atoms with E-state index in [0.717, 1.165) is 54.6 Å². The van der Waals surface area contributed by atoms with Crippen molar-refractivity contribution in [1.29, 1.82) is 0 Å². The summed E-state index contributed by atoms with van der Waals surface area (Å²) >= 11 is 0. The molecule has 2 aliphatic rings. The third-order valence-electron chi connectivity index (χ3n) is 5.36. The molecule has 0 saturated carbocycles. The van der Waals surface area contributed by atoms with Crippen LogP contribution in [0.2, 0.25) is 0 Å². The maximum atomic E-state index is 12.8. The maximum Gasteiger partial charge on any atom is 0.227 e. The summed E-state index contributed by atoms with van der Waals surface area (Å²) in [6.07, 6.45) is 4.15. The van der Waals surface area contributed by atoms with Gasteiger partial charge in [-0.2, -0.15) is 0 Å². The SMILES string of the molecule is CCN(CC)c1ncc2c(n1)CC[C@@H](C(=O)Nc1ccc3c(c1)OCCO3)C2. The number of ether oxygens (including phenoxy) is 2. The highest BCUT2D eigenvalue weighted by Gasteiger charge is 2.27. The lowest BCUT2D eigenvalue weighted by Gasteiger charge is -2.25. The van der Waals surface area contributed by atoms with E-state index in [0.29, 0.717) is 25.4 Å². The number of carbonyl (C=O) groups excluding carboxylic acids is 1. The number of anilines is 2. The zero-order valence-corrected chi connectivity index (χ0v) is 16.4. The highest BCUT2D eigenvalue weighted by molar-refractivity contribution is 5.93. The molecule has 1 aromatic carbocycles. The monoisotopic (exact) mass is 382 g/mol. The van der Waals surface area contributed by atoms with Gasteiger partial charge in [0.25, 0.3) is 0 Å². The predicted octanol–water partition coefficient (Wildman–Crippen LogP) is 2.84. The van der Waals surface area contributed by atoms with Crippen LogP contribution in [0.15, 0.2) is 24.4 Å². The Labute approximate surface area is 165 Å². The van der Waals surface area contributed by atoms with Crippen LogP contribution in [0.25, 0.3) is 0 Å². The van der Waals surface area contributed by atoms with Crippen LogP contribution in [0.1, 0.15) is 31.5 Å². The van der Waals surface area contributed by atoms with Gasteiger partial charge in [0.15, 0.2) is 11.5 Å². The van der Waals surface area contributed by atoms with Crippen molar-refractivity contribution >= 4 is 17.5 Å². The van der Waals surface area contributed by atoms with Crippen LogP contribution < -0.4 is 19.7 Å². The van der Waals surface area contributed by atoms with E-state index in [2.05, 4.69) is 29.0 Å².